The molecule has 1 heterocycles. The van der Waals surface area contributed by atoms with Crippen LogP contribution in [0.4, 0.5) is 0 Å². The number of halogens is 3. The smallest absolute Gasteiger partial charge is 0.344 e. The van der Waals surface area contributed by atoms with Gasteiger partial charge in [-0.2, -0.15) is 9.78 Å². The van der Waals surface area contributed by atoms with E-state index in [4.69, 9.17) is 39.5 Å². The highest BCUT2D eigenvalue weighted by Crippen LogP contribution is 2.34. The van der Waals surface area contributed by atoms with Crippen molar-refractivity contribution < 1.29 is 9.53 Å². The lowest BCUT2D eigenvalue weighted by Gasteiger charge is -2.11. The highest BCUT2D eigenvalue weighted by molar-refractivity contribution is 6.40. The third kappa shape index (κ3) is 3.41. The monoisotopic (exact) mass is 380 g/mol. The molecular weight excluding hydrogens is 371 g/mol. The van der Waals surface area contributed by atoms with Gasteiger partial charge in [-0.05, 0) is 31.2 Å². The molecule has 0 N–H and O–H groups in total. The Morgan fingerprint density at radius 3 is 2.29 bits per heavy atom. The summed E-state index contributed by atoms with van der Waals surface area (Å²) in [6, 6.07) is 13.4. The Labute approximate surface area is 153 Å². The van der Waals surface area contributed by atoms with Gasteiger partial charge in [0.25, 0.3) is 0 Å². The van der Waals surface area contributed by atoms with Gasteiger partial charge in [-0.1, -0.05) is 53.0 Å². The highest BCUT2D eigenvalue weighted by atomic mass is 35.5. The van der Waals surface area contributed by atoms with Crippen molar-refractivity contribution in [2.75, 3.05) is 0 Å². The van der Waals surface area contributed by atoms with Crippen molar-refractivity contribution in [1.29, 1.82) is 0 Å². The van der Waals surface area contributed by atoms with Crippen molar-refractivity contribution in [2.24, 2.45) is 0 Å². The number of hydrogen-bond donors (Lipinski definition) is 0. The summed E-state index contributed by atoms with van der Waals surface area (Å²) in [6.45, 7) is 1.77. The van der Waals surface area contributed by atoms with Crippen LogP contribution in [-0.4, -0.2) is 15.7 Å². The van der Waals surface area contributed by atoms with Crippen LogP contribution >= 0.6 is 34.8 Å². The number of carbonyl (C=O) groups is 1. The zero-order chi connectivity index (χ0) is 17.3. The van der Waals surface area contributed by atoms with Gasteiger partial charge in [0.05, 0.1) is 21.3 Å². The van der Waals surface area contributed by atoms with Crippen molar-refractivity contribution in [3.8, 4) is 11.6 Å². The van der Waals surface area contributed by atoms with Crippen molar-refractivity contribution in [3.63, 3.8) is 0 Å². The molecule has 4 nitrogen and oxygen atoms in total. The van der Waals surface area contributed by atoms with Gasteiger partial charge in [-0.15, -0.1) is 0 Å². The summed E-state index contributed by atoms with van der Waals surface area (Å²) in [4.78, 5) is 12.3. The molecule has 0 aliphatic rings. The van der Waals surface area contributed by atoms with Gasteiger partial charge in [0, 0.05) is 11.1 Å². The van der Waals surface area contributed by atoms with E-state index in [1.807, 2.05) is 6.07 Å². The third-order valence-electron chi connectivity index (χ3n) is 3.20. The molecule has 3 aromatic rings. The van der Waals surface area contributed by atoms with E-state index in [1.165, 1.54) is 4.68 Å². The number of ether oxygens (including phenoxy) is 1. The molecule has 0 spiro atoms. The maximum atomic E-state index is 12.3. The average molecular weight is 382 g/mol. The van der Waals surface area contributed by atoms with Gasteiger partial charge >= 0.3 is 5.97 Å². The molecule has 0 amide bonds. The summed E-state index contributed by atoms with van der Waals surface area (Å²) in [5.41, 5.74) is 1.47. The van der Waals surface area contributed by atoms with E-state index in [-0.39, 0.29) is 5.88 Å². The van der Waals surface area contributed by atoms with Crippen LogP contribution in [0.1, 0.15) is 16.1 Å². The minimum absolute atomic E-state index is 0.215. The van der Waals surface area contributed by atoms with Crippen molar-refractivity contribution in [2.45, 2.75) is 6.92 Å². The van der Waals surface area contributed by atoms with Gasteiger partial charge in [0.2, 0.25) is 5.88 Å². The van der Waals surface area contributed by atoms with Crippen LogP contribution in [0, 0.1) is 6.92 Å². The zero-order valence-electron chi connectivity index (χ0n) is 12.5. The van der Waals surface area contributed by atoms with Gasteiger partial charge in [-0.25, -0.2) is 4.79 Å². The molecule has 0 saturated heterocycles. The molecule has 0 fully saturated rings. The number of hydrogen-bond acceptors (Lipinski definition) is 3. The van der Waals surface area contributed by atoms with Crippen molar-refractivity contribution in [3.05, 3.63) is 74.9 Å². The first-order valence-electron chi connectivity index (χ1n) is 6.94. The number of benzene rings is 2. The number of rotatable bonds is 3. The van der Waals surface area contributed by atoms with Crippen LogP contribution in [0.15, 0.2) is 48.5 Å². The van der Waals surface area contributed by atoms with Crippen molar-refractivity contribution in [1.82, 2.24) is 9.78 Å². The fraction of sp³-hybridized carbons (Fsp3) is 0.0588. The van der Waals surface area contributed by atoms with Gasteiger partial charge in [0.1, 0.15) is 5.69 Å². The molecule has 3 rings (SSSR count). The number of aromatic nitrogens is 2. The molecule has 1 aromatic heterocycles. The molecule has 0 saturated carbocycles. The lowest BCUT2D eigenvalue weighted by molar-refractivity contribution is 0.0723. The summed E-state index contributed by atoms with van der Waals surface area (Å²) < 4.78 is 6.84. The first kappa shape index (κ1) is 16.8. The SMILES string of the molecule is Cc1cc(OC(=O)c2ccccc2)n(-c2c(Cl)cc(Cl)cc2Cl)n1. The Kier molecular flexibility index (Phi) is 4.81. The Bertz CT molecular complexity index is 884. The molecule has 0 aliphatic carbocycles. The molecule has 0 aliphatic heterocycles. The largest absolute Gasteiger partial charge is 0.404 e. The van der Waals surface area contributed by atoms with E-state index in [0.717, 1.165) is 0 Å². The minimum atomic E-state index is -0.502. The summed E-state index contributed by atoms with van der Waals surface area (Å²) in [7, 11) is 0. The summed E-state index contributed by atoms with van der Waals surface area (Å²) in [5.74, 6) is -0.287. The number of nitrogens with zero attached hydrogens (tertiary/aromatic N) is 2. The maximum Gasteiger partial charge on any atom is 0.344 e. The van der Waals surface area contributed by atoms with E-state index in [1.54, 1.807) is 49.4 Å². The first-order valence-corrected chi connectivity index (χ1v) is 8.08. The average Bonchev–Trinajstić information content (AvgIpc) is 2.87. The fourth-order valence-corrected chi connectivity index (χ4v) is 3.15. The minimum Gasteiger partial charge on any atom is -0.404 e. The molecule has 2 aromatic carbocycles. The van der Waals surface area contributed by atoms with E-state index >= 15 is 0 Å². The van der Waals surface area contributed by atoms with E-state index in [0.29, 0.717) is 32.0 Å². The van der Waals surface area contributed by atoms with Crippen LogP contribution < -0.4 is 4.74 Å². The second-order valence-corrected chi connectivity index (χ2v) is 6.26. The van der Waals surface area contributed by atoms with Gasteiger partial charge < -0.3 is 4.74 Å². The number of carbonyl (C=O) groups excluding carboxylic acids is 1. The molecule has 122 valence electrons. The maximum absolute atomic E-state index is 12.3. The zero-order valence-corrected chi connectivity index (χ0v) is 14.7. The lowest BCUT2D eigenvalue weighted by Crippen LogP contribution is -2.12. The normalized spacial score (nSPS) is 10.7. The lowest BCUT2D eigenvalue weighted by atomic mass is 10.2. The summed E-state index contributed by atoms with van der Waals surface area (Å²) >= 11 is 18.4. The standard InChI is InChI=1S/C17H11Cl3N2O2/c1-10-7-15(24-17(23)11-5-3-2-4-6-11)22(21-10)16-13(19)8-12(18)9-14(16)20/h2-9H,1H3. The molecule has 0 bridgehead atoms. The third-order valence-corrected chi connectivity index (χ3v) is 3.99. The summed E-state index contributed by atoms with van der Waals surface area (Å²) in [5, 5.41) is 5.31. The number of esters is 1. The second-order valence-electron chi connectivity index (χ2n) is 5.01. The van der Waals surface area contributed by atoms with E-state index < -0.39 is 5.97 Å². The second kappa shape index (κ2) is 6.85. The quantitative estimate of drug-likeness (QED) is 0.574. The van der Waals surface area contributed by atoms with Gasteiger partial charge in [-0.3, -0.25) is 0 Å². The predicted molar refractivity (Wildman–Crippen MR) is 94.7 cm³/mol. The Morgan fingerprint density at radius 2 is 1.67 bits per heavy atom. The topological polar surface area (TPSA) is 44.1 Å². The Balaban J connectivity index is 2.02. The molecule has 0 unspecified atom stereocenters. The number of aryl methyl sites for hydroxylation is 1. The molecular formula is C17H11Cl3N2O2. The molecule has 0 atom stereocenters. The molecule has 7 heteroatoms. The summed E-state index contributed by atoms with van der Waals surface area (Å²) in [6.07, 6.45) is 0. The van der Waals surface area contributed by atoms with Crippen LogP contribution in [-0.2, 0) is 0 Å². The fourth-order valence-electron chi connectivity index (χ4n) is 2.17. The van der Waals surface area contributed by atoms with E-state index in [9.17, 15) is 4.79 Å². The van der Waals surface area contributed by atoms with Crippen molar-refractivity contribution >= 4 is 40.8 Å². The predicted octanol–water partition coefficient (Wildman–Crippen LogP) is 5.36. The van der Waals surface area contributed by atoms with E-state index in [2.05, 4.69) is 5.10 Å². The van der Waals surface area contributed by atoms with Crippen LogP contribution in [0.3, 0.4) is 0 Å². The highest BCUT2D eigenvalue weighted by Gasteiger charge is 2.19. The van der Waals surface area contributed by atoms with Gasteiger partial charge in [0.15, 0.2) is 0 Å². The molecule has 0 radical (unpaired) electrons. The van der Waals surface area contributed by atoms with Crippen LogP contribution in [0.2, 0.25) is 15.1 Å². The molecule has 24 heavy (non-hydrogen) atoms. The Hall–Kier alpha value is -2.01. The first-order chi connectivity index (χ1) is 11.5. The van der Waals surface area contributed by atoms with Crippen LogP contribution in [0.5, 0.6) is 5.88 Å². The Morgan fingerprint density at radius 1 is 1.04 bits per heavy atom. The van der Waals surface area contributed by atoms with Crippen LogP contribution in [0.25, 0.3) is 5.69 Å².